The van der Waals surface area contributed by atoms with E-state index in [4.69, 9.17) is 5.11 Å². The van der Waals surface area contributed by atoms with Crippen LogP contribution in [0.4, 0.5) is 0 Å². The number of aliphatic hydroxyl groups is 1. The molecule has 0 heterocycles. The lowest BCUT2D eigenvalue weighted by atomic mass is 9.95. The molecule has 0 rings (SSSR count). The van der Waals surface area contributed by atoms with E-state index in [-0.39, 0.29) is 6.61 Å². The Morgan fingerprint density at radius 3 is 2.00 bits per heavy atom. The van der Waals surface area contributed by atoms with Gasteiger partial charge in [0, 0.05) is 18.6 Å². The molecule has 0 amide bonds. The quantitative estimate of drug-likeness (QED) is 0.588. The predicted molar refractivity (Wildman–Crippen MR) is 38.8 cm³/mol. The van der Waals surface area contributed by atoms with Crippen LogP contribution in [0.25, 0.3) is 0 Å². The molecule has 0 atom stereocenters. The Kier molecular flexibility index (Phi) is 3.15. The molecule has 1 N–H and O–H groups in total. The summed E-state index contributed by atoms with van der Waals surface area (Å²) < 4.78 is 0. The molecule has 2 heteroatoms. The van der Waals surface area contributed by atoms with Crippen LogP contribution >= 0.6 is 0 Å². The lowest BCUT2D eigenvalue weighted by Gasteiger charge is -2.24. The number of hydrogen-bond acceptors (Lipinski definition) is 2. The molecule has 0 aliphatic heterocycles. The smallest absolute Gasteiger partial charge is 0.0499 e. The molecule has 0 saturated heterocycles. The molecule has 0 aliphatic carbocycles. The van der Waals surface area contributed by atoms with Gasteiger partial charge in [-0.2, -0.15) is 0 Å². The molecule has 0 aliphatic rings. The normalized spacial score (nSPS) is 12.7. The average molecular weight is 129 g/mol. The Morgan fingerprint density at radius 1 is 1.44 bits per heavy atom. The van der Waals surface area contributed by atoms with Gasteiger partial charge in [-0.3, -0.25) is 0 Å². The van der Waals surface area contributed by atoms with Gasteiger partial charge in [-0.05, 0) is 27.9 Å². The monoisotopic (exact) mass is 129 g/mol. The largest absolute Gasteiger partial charge is 0.396 e. The highest BCUT2D eigenvalue weighted by atomic mass is 16.3. The highest BCUT2D eigenvalue weighted by molar-refractivity contribution is 4.85. The van der Waals surface area contributed by atoms with Gasteiger partial charge in [-0.15, -0.1) is 0 Å². The maximum Gasteiger partial charge on any atom is 0.0499 e. The Hall–Kier alpha value is -0.0800. The van der Waals surface area contributed by atoms with Crippen molar-refractivity contribution in [1.29, 1.82) is 0 Å². The highest BCUT2D eigenvalue weighted by Crippen LogP contribution is 2.11. The lowest BCUT2D eigenvalue weighted by Crippen LogP contribution is -2.31. The van der Waals surface area contributed by atoms with Crippen molar-refractivity contribution in [3.05, 3.63) is 13.8 Å². The van der Waals surface area contributed by atoms with Crippen molar-refractivity contribution in [3.63, 3.8) is 0 Å². The Balaban J connectivity index is 3.58. The Labute approximate surface area is 57.5 Å². The van der Waals surface area contributed by atoms with Crippen LogP contribution in [0.15, 0.2) is 0 Å². The summed E-state index contributed by atoms with van der Waals surface area (Å²) >= 11 is 0. The summed E-state index contributed by atoms with van der Waals surface area (Å²) in [6.45, 7) is 8.20. The molecule has 0 aromatic heterocycles. The van der Waals surface area contributed by atoms with Crippen molar-refractivity contribution in [2.24, 2.45) is 5.41 Å². The SMILES string of the molecule is [CH2]C([CH2])(CO)CN(C)C. The van der Waals surface area contributed by atoms with Crippen LogP contribution in [-0.4, -0.2) is 37.3 Å². The van der Waals surface area contributed by atoms with E-state index in [1.807, 2.05) is 19.0 Å². The number of rotatable bonds is 3. The van der Waals surface area contributed by atoms with Crippen molar-refractivity contribution >= 4 is 0 Å². The zero-order chi connectivity index (χ0) is 7.49. The summed E-state index contributed by atoms with van der Waals surface area (Å²) in [6.07, 6.45) is 0. The minimum absolute atomic E-state index is 0.0329. The fourth-order valence-corrected chi connectivity index (χ4v) is 0.721. The van der Waals surface area contributed by atoms with E-state index in [1.165, 1.54) is 0 Å². The first kappa shape index (κ1) is 8.92. The van der Waals surface area contributed by atoms with Crippen molar-refractivity contribution in [1.82, 2.24) is 4.90 Å². The average Bonchev–Trinajstić information content (AvgIpc) is 1.63. The van der Waals surface area contributed by atoms with Crippen LogP contribution < -0.4 is 0 Å². The summed E-state index contributed by atoms with van der Waals surface area (Å²) in [5.74, 6) is 0. The van der Waals surface area contributed by atoms with E-state index in [1.54, 1.807) is 0 Å². The topological polar surface area (TPSA) is 23.5 Å². The van der Waals surface area contributed by atoms with Gasteiger partial charge in [-0.1, -0.05) is 0 Å². The second-order valence-electron chi connectivity index (χ2n) is 2.90. The van der Waals surface area contributed by atoms with Gasteiger partial charge in [0.15, 0.2) is 0 Å². The first-order valence-electron chi connectivity index (χ1n) is 2.94. The van der Waals surface area contributed by atoms with E-state index in [0.717, 1.165) is 0 Å². The summed E-state index contributed by atoms with van der Waals surface area (Å²) in [6, 6.07) is 0. The first-order valence-corrected chi connectivity index (χ1v) is 2.94. The van der Waals surface area contributed by atoms with Gasteiger partial charge in [0.25, 0.3) is 0 Å². The van der Waals surface area contributed by atoms with Crippen LogP contribution in [0.2, 0.25) is 0 Å². The molecule has 0 unspecified atom stereocenters. The minimum atomic E-state index is -0.455. The van der Waals surface area contributed by atoms with Crippen LogP contribution in [0.1, 0.15) is 0 Å². The maximum absolute atomic E-state index is 8.69. The second kappa shape index (κ2) is 3.18. The standard InChI is InChI=1S/C7H15NO/c1-7(2,6-9)5-8(3)4/h9H,1-2,5-6H2,3-4H3. The fourth-order valence-electron chi connectivity index (χ4n) is 0.721. The summed E-state index contributed by atoms with van der Waals surface area (Å²) in [5, 5.41) is 8.69. The number of aliphatic hydroxyl groups excluding tert-OH is 1. The van der Waals surface area contributed by atoms with E-state index in [9.17, 15) is 0 Å². The van der Waals surface area contributed by atoms with Crippen molar-refractivity contribution in [2.45, 2.75) is 0 Å². The van der Waals surface area contributed by atoms with Crippen molar-refractivity contribution in [2.75, 3.05) is 27.2 Å². The third kappa shape index (κ3) is 4.43. The minimum Gasteiger partial charge on any atom is -0.396 e. The Bertz CT molecular complexity index is 79.0. The van der Waals surface area contributed by atoms with Crippen LogP contribution in [-0.2, 0) is 0 Å². The molecule has 0 saturated carbocycles. The molecule has 0 bridgehead atoms. The van der Waals surface area contributed by atoms with Crippen molar-refractivity contribution in [3.8, 4) is 0 Å². The zero-order valence-corrected chi connectivity index (χ0v) is 6.22. The fraction of sp³-hybridized carbons (Fsp3) is 0.714. The molecule has 0 spiro atoms. The van der Waals surface area contributed by atoms with Gasteiger partial charge in [0.2, 0.25) is 0 Å². The first-order chi connectivity index (χ1) is 3.98. The molecule has 0 aromatic carbocycles. The number of nitrogens with zero attached hydrogens (tertiary/aromatic N) is 1. The van der Waals surface area contributed by atoms with Gasteiger partial charge < -0.3 is 10.0 Å². The van der Waals surface area contributed by atoms with Gasteiger partial charge in [-0.25, -0.2) is 0 Å². The maximum atomic E-state index is 8.69. The third-order valence-electron chi connectivity index (χ3n) is 0.987. The predicted octanol–water partition coefficient (Wildman–Crippen LogP) is 0.195. The molecular formula is C7H15NO. The number of hydrogen-bond donors (Lipinski definition) is 1. The molecular weight excluding hydrogens is 114 g/mol. The van der Waals surface area contributed by atoms with Crippen LogP contribution in [0, 0.1) is 19.3 Å². The van der Waals surface area contributed by atoms with E-state index >= 15 is 0 Å². The van der Waals surface area contributed by atoms with E-state index < -0.39 is 5.41 Å². The van der Waals surface area contributed by atoms with Gasteiger partial charge in [0.05, 0.1) is 0 Å². The van der Waals surface area contributed by atoms with Gasteiger partial charge in [0.1, 0.15) is 0 Å². The lowest BCUT2D eigenvalue weighted by molar-refractivity contribution is 0.167. The van der Waals surface area contributed by atoms with Gasteiger partial charge >= 0.3 is 0 Å². The van der Waals surface area contributed by atoms with E-state index in [0.29, 0.717) is 6.54 Å². The second-order valence-corrected chi connectivity index (χ2v) is 2.90. The van der Waals surface area contributed by atoms with Crippen LogP contribution in [0.3, 0.4) is 0 Å². The molecule has 2 radical (unpaired) electrons. The molecule has 9 heavy (non-hydrogen) atoms. The molecule has 0 fully saturated rings. The molecule has 54 valence electrons. The highest BCUT2D eigenvalue weighted by Gasteiger charge is 2.16. The van der Waals surface area contributed by atoms with Crippen molar-refractivity contribution < 1.29 is 5.11 Å². The summed E-state index contributed by atoms with van der Waals surface area (Å²) in [5.41, 5.74) is -0.455. The Morgan fingerprint density at radius 2 is 1.89 bits per heavy atom. The summed E-state index contributed by atoms with van der Waals surface area (Å²) in [7, 11) is 3.86. The molecule has 2 nitrogen and oxygen atoms in total. The van der Waals surface area contributed by atoms with Crippen LogP contribution in [0.5, 0.6) is 0 Å². The zero-order valence-electron chi connectivity index (χ0n) is 6.22. The third-order valence-corrected chi connectivity index (χ3v) is 0.987. The van der Waals surface area contributed by atoms with E-state index in [2.05, 4.69) is 13.8 Å². The summed E-state index contributed by atoms with van der Waals surface area (Å²) in [4.78, 5) is 1.95. The molecule has 0 aromatic rings.